The monoisotopic (exact) mass is 377 g/mol. The Morgan fingerprint density at radius 2 is 1.87 bits per heavy atom. The Hall–Kier alpha value is -1.68. The molecular weight excluding hydrogens is 354 g/mol. The van der Waals surface area contributed by atoms with Crippen molar-refractivity contribution in [2.75, 3.05) is 19.0 Å². The molecule has 23 heavy (non-hydrogen) atoms. The van der Waals surface area contributed by atoms with Crippen molar-refractivity contribution in [3.05, 3.63) is 51.5 Å². The van der Waals surface area contributed by atoms with E-state index in [0.29, 0.717) is 13.2 Å². The Balaban J connectivity index is 2.23. The van der Waals surface area contributed by atoms with Gasteiger partial charge in [0.2, 0.25) is 0 Å². The third kappa shape index (κ3) is 4.64. The third-order valence-electron chi connectivity index (χ3n) is 3.76. The van der Waals surface area contributed by atoms with Gasteiger partial charge in [-0.3, -0.25) is 0 Å². The molecular formula is C19H24BrNO2. The highest BCUT2D eigenvalue weighted by atomic mass is 79.9. The molecule has 0 radical (unpaired) electrons. The second kappa shape index (κ2) is 8.25. The molecule has 2 aromatic carbocycles. The predicted octanol–water partition coefficient (Wildman–Crippen LogP) is 5.48. The van der Waals surface area contributed by atoms with Crippen LogP contribution in [0.15, 0.2) is 34.8 Å². The normalized spacial score (nSPS) is 10.5. The van der Waals surface area contributed by atoms with Gasteiger partial charge in [0.05, 0.1) is 13.7 Å². The molecule has 0 fully saturated rings. The standard InChI is InChI=1S/C19H24BrNO2/c1-5-8-23-19-15(10-16(20)11-18(19)22-4)12-21-17-7-6-13(2)14(3)9-17/h6-7,9-11,21H,5,8,12H2,1-4H3. The van der Waals surface area contributed by atoms with Crippen LogP contribution in [0.2, 0.25) is 0 Å². The Morgan fingerprint density at radius 3 is 2.52 bits per heavy atom. The van der Waals surface area contributed by atoms with E-state index in [-0.39, 0.29) is 0 Å². The quantitative estimate of drug-likeness (QED) is 0.693. The van der Waals surface area contributed by atoms with Crippen LogP contribution >= 0.6 is 15.9 Å². The summed E-state index contributed by atoms with van der Waals surface area (Å²) in [4.78, 5) is 0. The number of aryl methyl sites for hydroxylation is 2. The molecule has 2 rings (SSSR count). The first-order chi connectivity index (χ1) is 11.0. The maximum absolute atomic E-state index is 5.91. The van der Waals surface area contributed by atoms with Crippen LogP contribution < -0.4 is 14.8 Å². The van der Waals surface area contributed by atoms with Crippen LogP contribution in [0.4, 0.5) is 5.69 Å². The summed E-state index contributed by atoms with van der Waals surface area (Å²) >= 11 is 3.54. The van der Waals surface area contributed by atoms with E-state index in [1.165, 1.54) is 11.1 Å². The molecule has 0 unspecified atom stereocenters. The third-order valence-corrected chi connectivity index (χ3v) is 4.21. The molecule has 3 nitrogen and oxygen atoms in total. The Morgan fingerprint density at radius 1 is 1.09 bits per heavy atom. The number of anilines is 1. The second-order valence-corrected chi connectivity index (χ2v) is 6.51. The number of ether oxygens (including phenoxy) is 2. The van der Waals surface area contributed by atoms with Crippen molar-refractivity contribution in [1.82, 2.24) is 0 Å². The van der Waals surface area contributed by atoms with E-state index in [2.05, 4.69) is 66.3 Å². The molecule has 0 aromatic heterocycles. The van der Waals surface area contributed by atoms with Crippen LogP contribution in [0.5, 0.6) is 11.5 Å². The highest BCUT2D eigenvalue weighted by Gasteiger charge is 2.12. The molecule has 1 N–H and O–H groups in total. The van der Waals surface area contributed by atoms with Crippen molar-refractivity contribution in [2.45, 2.75) is 33.7 Å². The topological polar surface area (TPSA) is 30.5 Å². The van der Waals surface area contributed by atoms with Gasteiger partial charge in [0.1, 0.15) is 0 Å². The fraction of sp³-hybridized carbons (Fsp3) is 0.368. The average Bonchev–Trinajstić information content (AvgIpc) is 2.54. The van der Waals surface area contributed by atoms with E-state index in [1.807, 2.05) is 6.07 Å². The molecule has 0 saturated heterocycles. The van der Waals surface area contributed by atoms with Crippen LogP contribution in [0.25, 0.3) is 0 Å². The van der Waals surface area contributed by atoms with Crippen LogP contribution in [0.1, 0.15) is 30.0 Å². The van der Waals surface area contributed by atoms with Gasteiger partial charge < -0.3 is 14.8 Å². The summed E-state index contributed by atoms with van der Waals surface area (Å²) in [5.74, 6) is 1.57. The highest BCUT2D eigenvalue weighted by molar-refractivity contribution is 9.10. The fourth-order valence-corrected chi connectivity index (χ4v) is 2.81. The van der Waals surface area contributed by atoms with Crippen LogP contribution in [-0.4, -0.2) is 13.7 Å². The predicted molar refractivity (Wildman–Crippen MR) is 99.7 cm³/mol. The van der Waals surface area contributed by atoms with E-state index in [0.717, 1.165) is 33.6 Å². The van der Waals surface area contributed by atoms with Crippen molar-refractivity contribution in [3.63, 3.8) is 0 Å². The molecule has 4 heteroatoms. The average molecular weight is 378 g/mol. The minimum atomic E-state index is 0.675. The van der Waals surface area contributed by atoms with Gasteiger partial charge in [-0.1, -0.05) is 28.9 Å². The molecule has 0 atom stereocenters. The summed E-state index contributed by atoms with van der Waals surface area (Å²) in [5.41, 5.74) is 4.76. The van der Waals surface area contributed by atoms with Gasteiger partial charge in [-0.15, -0.1) is 0 Å². The van der Waals surface area contributed by atoms with Gasteiger partial charge in [0.25, 0.3) is 0 Å². The number of benzene rings is 2. The first kappa shape index (κ1) is 17.7. The first-order valence-corrected chi connectivity index (χ1v) is 8.64. The molecule has 0 saturated carbocycles. The van der Waals surface area contributed by atoms with Crippen LogP contribution in [0.3, 0.4) is 0 Å². The highest BCUT2D eigenvalue weighted by Crippen LogP contribution is 2.35. The van der Waals surface area contributed by atoms with Crippen molar-refractivity contribution < 1.29 is 9.47 Å². The molecule has 0 aliphatic rings. The van der Waals surface area contributed by atoms with Gasteiger partial charge in [-0.05, 0) is 55.7 Å². The first-order valence-electron chi connectivity index (χ1n) is 7.85. The van der Waals surface area contributed by atoms with E-state index in [9.17, 15) is 0 Å². The van der Waals surface area contributed by atoms with E-state index >= 15 is 0 Å². The number of methoxy groups -OCH3 is 1. The second-order valence-electron chi connectivity index (χ2n) is 5.60. The maximum Gasteiger partial charge on any atom is 0.166 e. The molecule has 0 bridgehead atoms. The van der Waals surface area contributed by atoms with Crippen molar-refractivity contribution in [3.8, 4) is 11.5 Å². The lowest BCUT2D eigenvalue weighted by Gasteiger charge is -2.17. The molecule has 0 spiro atoms. The molecule has 124 valence electrons. The molecule has 0 heterocycles. The zero-order valence-electron chi connectivity index (χ0n) is 14.2. The van der Waals surface area contributed by atoms with Crippen LogP contribution in [-0.2, 0) is 6.54 Å². The number of hydrogen-bond acceptors (Lipinski definition) is 3. The lowest BCUT2D eigenvalue weighted by Crippen LogP contribution is -2.06. The van der Waals surface area contributed by atoms with Gasteiger partial charge >= 0.3 is 0 Å². The summed E-state index contributed by atoms with van der Waals surface area (Å²) in [5, 5.41) is 3.47. The lowest BCUT2D eigenvalue weighted by atomic mass is 10.1. The Labute approximate surface area is 147 Å². The fourth-order valence-electron chi connectivity index (χ4n) is 2.32. The lowest BCUT2D eigenvalue weighted by molar-refractivity contribution is 0.291. The molecule has 0 amide bonds. The van der Waals surface area contributed by atoms with Crippen molar-refractivity contribution in [1.29, 1.82) is 0 Å². The number of rotatable bonds is 7. The summed E-state index contributed by atoms with van der Waals surface area (Å²) in [6.45, 7) is 7.69. The minimum Gasteiger partial charge on any atom is -0.493 e. The number of halogens is 1. The number of nitrogens with one attached hydrogen (secondary N) is 1. The van der Waals surface area contributed by atoms with E-state index in [1.54, 1.807) is 7.11 Å². The Bertz CT molecular complexity index is 671. The summed E-state index contributed by atoms with van der Waals surface area (Å²) in [6.07, 6.45) is 0.962. The van der Waals surface area contributed by atoms with Gasteiger partial charge in [0.15, 0.2) is 11.5 Å². The molecule has 0 aliphatic heterocycles. The van der Waals surface area contributed by atoms with Crippen molar-refractivity contribution in [2.24, 2.45) is 0 Å². The van der Waals surface area contributed by atoms with E-state index < -0.39 is 0 Å². The summed E-state index contributed by atoms with van der Waals surface area (Å²) < 4.78 is 12.4. The zero-order chi connectivity index (χ0) is 16.8. The van der Waals surface area contributed by atoms with E-state index in [4.69, 9.17) is 9.47 Å². The minimum absolute atomic E-state index is 0.675. The molecule has 2 aromatic rings. The van der Waals surface area contributed by atoms with Gasteiger partial charge in [-0.2, -0.15) is 0 Å². The smallest absolute Gasteiger partial charge is 0.166 e. The molecule has 0 aliphatic carbocycles. The summed E-state index contributed by atoms with van der Waals surface area (Å²) in [6, 6.07) is 10.4. The number of hydrogen-bond donors (Lipinski definition) is 1. The van der Waals surface area contributed by atoms with Gasteiger partial charge in [0, 0.05) is 22.3 Å². The largest absolute Gasteiger partial charge is 0.493 e. The van der Waals surface area contributed by atoms with Crippen LogP contribution in [0, 0.1) is 13.8 Å². The maximum atomic E-state index is 5.91. The summed E-state index contributed by atoms with van der Waals surface area (Å²) in [7, 11) is 1.67. The zero-order valence-corrected chi connectivity index (χ0v) is 15.8. The SMILES string of the molecule is CCCOc1c(CNc2ccc(C)c(C)c2)cc(Br)cc1OC. The van der Waals surface area contributed by atoms with Gasteiger partial charge in [-0.25, -0.2) is 0 Å². The Kier molecular flexibility index (Phi) is 6.34. The van der Waals surface area contributed by atoms with Crippen molar-refractivity contribution >= 4 is 21.6 Å².